The monoisotopic (exact) mass is 236 g/mol. The van der Waals surface area contributed by atoms with Gasteiger partial charge in [0.1, 0.15) is 6.29 Å². The highest BCUT2D eigenvalue weighted by molar-refractivity contribution is 5.58. The lowest BCUT2D eigenvalue weighted by molar-refractivity contribution is -0.115. The van der Waals surface area contributed by atoms with Crippen LogP contribution in [0.25, 0.3) is 0 Å². The molecule has 0 N–H and O–H groups in total. The molecule has 0 bridgehead atoms. The molecule has 0 aromatic rings. The first kappa shape index (κ1) is 16.1. The molecule has 1 nitrogen and oxygen atoms in total. The van der Waals surface area contributed by atoms with Gasteiger partial charge in [-0.3, -0.25) is 0 Å². The summed E-state index contributed by atoms with van der Waals surface area (Å²) < 4.78 is 0. The SMILES string of the molecule is CCC(C)(C=O)CC/C=C(\C)CCC=C(C)C. The van der Waals surface area contributed by atoms with Crippen molar-refractivity contribution in [1.82, 2.24) is 0 Å². The number of carbonyl (C=O) groups is 1. The summed E-state index contributed by atoms with van der Waals surface area (Å²) in [6.07, 6.45) is 10.9. The second-order valence-electron chi connectivity index (χ2n) is 5.53. The van der Waals surface area contributed by atoms with Crippen molar-refractivity contribution in [2.45, 2.75) is 66.7 Å². The largest absolute Gasteiger partial charge is 0.303 e. The minimum absolute atomic E-state index is 0.128. The van der Waals surface area contributed by atoms with Crippen LogP contribution < -0.4 is 0 Å². The van der Waals surface area contributed by atoms with Gasteiger partial charge in [-0.25, -0.2) is 0 Å². The maximum absolute atomic E-state index is 11.0. The molecule has 0 saturated carbocycles. The molecular weight excluding hydrogens is 208 g/mol. The highest BCUT2D eigenvalue weighted by Crippen LogP contribution is 2.25. The van der Waals surface area contributed by atoms with Crippen LogP contribution in [0.2, 0.25) is 0 Å². The Morgan fingerprint density at radius 2 is 1.76 bits per heavy atom. The van der Waals surface area contributed by atoms with Gasteiger partial charge in [-0.15, -0.1) is 0 Å². The van der Waals surface area contributed by atoms with Gasteiger partial charge >= 0.3 is 0 Å². The van der Waals surface area contributed by atoms with E-state index in [1.807, 2.05) is 6.92 Å². The van der Waals surface area contributed by atoms with Crippen LogP contribution in [0.3, 0.4) is 0 Å². The van der Waals surface area contributed by atoms with E-state index in [1.165, 1.54) is 11.1 Å². The summed E-state index contributed by atoms with van der Waals surface area (Å²) in [4.78, 5) is 11.0. The van der Waals surface area contributed by atoms with E-state index in [1.54, 1.807) is 0 Å². The maximum Gasteiger partial charge on any atom is 0.125 e. The molecule has 17 heavy (non-hydrogen) atoms. The summed E-state index contributed by atoms with van der Waals surface area (Å²) in [5.74, 6) is 0. The number of carbonyl (C=O) groups excluding carboxylic acids is 1. The molecule has 0 spiro atoms. The lowest BCUT2D eigenvalue weighted by Crippen LogP contribution is -2.16. The predicted molar refractivity (Wildman–Crippen MR) is 76.1 cm³/mol. The van der Waals surface area contributed by atoms with Crippen LogP contribution in [0.1, 0.15) is 66.7 Å². The average molecular weight is 236 g/mol. The molecule has 0 aromatic carbocycles. The van der Waals surface area contributed by atoms with E-state index < -0.39 is 0 Å². The van der Waals surface area contributed by atoms with Crippen molar-refractivity contribution in [2.24, 2.45) is 5.41 Å². The third-order valence-electron chi connectivity index (χ3n) is 3.39. The standard InChI is InChI=1S/C16H28O/c1-6-16(5,13-17)12-8-11-15(4)10-7-9-14(2)3/h9,11,13H,6-8,10,12H2,1-5H3/b15-11+. The Morgan fingerprint density at radius 3 is 2.24 bits per heavy atom. The fourth-order valence-corrected chi connectivity index (χ4v) is 1.66. The van der Waals surface area contributed by atoms with Gasteiger partial charge < -0.3 is 4.79 Å². The van der Waals surface area contributed by atoms with Crippen LogP contribution in [-0.4, -0.2) is 6.29 Å². The third-order valence-corrected chi connectivity index (χ3v) is 3.39. The van der Waals surface area contributed by atoms with E-state index in [0.717, 1.165) is 38.4 Å². The van der Waals surface area contributed by atoms with Gasteiger partial charge in [-0.2, -0.15) is 0 Å². The molecule has 0 aromatic heterocycles. The fraction of sp³-hybridized carbons (Fsp3) is 0.688. The molecule has 0 heterocycles. The number of allylic oxidation sites excluding steroid dienone is 4. The summed E-state index contributed by atoms with van der Waals surface area (Å²) in [5, 5.41) is 0. The summed E-state index contributed by atoms with van der Waals surface area (Å²) in [7, 11) is 0. The van der Waals surface area contributed by atoms with Crippen molar-refractivity contribution in [1.29, 1.82) is 0 Å². The van der Waals surface area contributed by atoms with Crippen LogP contribution in [0.15, 0.2) is 23.3 Å². The molecule has 1 heteroatoms. The minimum Gasteiger partial charge on any atom is -0.303 e. The zero-order valence-electron chi connectivity index (χ0n) is 12.2. The van der Waals surface area contributed by atoms with Crippen molar-refractivity contribution in [2.75, 3.05) is 0 Å². The Bertz CT molecular complexity index is 282. The summed E-state index contributed by atoms with van der Waals surface area (Å²) >= 11 is 0. The van der Waals surface area contributed by atoms with Gasteiger partial charge in [0, 0.05) is 5.41 Å². The van der Waals surface area contributed by atoms with Crippen LogP contribution in [0.4, 0.5) is 0 Å². The van der Waals surface area contributed by atoms with Gasteiger partial charge in [0.2, 0.25) is 0 Å². The molecule has 0 saturated heterocycles. The van der Waals surface area contributed by atoms with Crippen LogP contribution in [0, 0.1) is 5.41 Å². The second kappa shape index (κ2) is 8.27. The van der Waals surface area contributed by atoms with E-state index in [-0.39, 0.29) is 5.41 Å². The van der Waals surface area contributed by atoms with Crippen LogP contribution in [-0.2, 0) is 4.79 Å². The minimum atomic E-state index is -0.128. The van der Waals surface area contributed by atoms with Gasteiger partial charge in [-0.05, 0) is 52.9 Å². The molecule has 0 aliphatic carbocycles. The molecular formula is C16H28O. The van der Waals surface area contributed by atoms with Crippen molar-refractivity contribution >= 4 is 6.29 Å². The molecule has 1 unspecified atom stereocenters. The second-order valence-corrected chi connectivity index (χ2v) is 5.53. The maximum atomic E-state index is 11.0. The van der Waals surface area contributed by atoms with Gasteiger partial charge in [0.05, 0.1) is 0 Å². The fourth-order valence-electron chi connectivity index (χ4n) is 1.66. The smallest absolute Gasteiger partial charge is 0.125 e. The van der Waals surface area contributed by atoms with Crippen molar-refractivity contribution in [3.63, 3.8) is 0 Å². The lowest BCUT2D eigenvalue weighted by Gasteiger charge is -2.19. The van der Waals surface area contributed by atoms with E-state index >= 15 is 0 Å². The third kappa shape index (κ3) is 7.95. The first-order valence-corrected chi connectivity index (χ1v) is 6.69. The molecule has 0 radical (unpaired) electrons. The predicted octanol–water partition coefficient (Wildman–Crippen LogP) is 5.07. The van der Waals surface area contributed by atoms with Crippen molar-refractivity contribution < 1.29 is 4.79 Å². The van der Waals surface area contributed by atoms with Gasteiger partial charge in [0.25, 0.3) is 0 Å². The highest BCUT2D eigenvalue weighted by atomic mass is 16.1. The normalized spacial score (nSPS) is 15.2. The average Bonchev–Trinajstić information content (AvgIpc) is 2.28. The molecule has 98 valence electrons. The molecule has 0 rings (SSSR count). The summed E-state index contributed by atoms with van der Waals surface area (Å²) in [6, 6.07) is 0. The Morgan fingerprint density at radius 1 is 1.12 bits per heavy atom. The first-order valence-electron chi connectivity index (χ1n) is 6.69. The van der Waals surface area contributed by atoms with Crippen molar-refractivity contribution in [3.8, 4) is 0 Å². The number of hydrogen-bond donors (Lipinski definition) is 0. The molecule has 0 fully saturated rings. The lowest BCUT2D eigenvalue weighted by atomic mass is 9.84. The highest BCUT2D eigenvalue weighted by Gasteiger charge is 2.19. The summed E-state index contributed by atoms with van der Waals surface area (Å²) in [6.45, 7) is 10.6. The number of hydrogen-bond acceptors (Lipinski definition) is 1. The number of rotatable bonds is 8. The number of aldehydes is 1. The van der Waals surface area contributed by atoms with Crippen LogP contribution in [0.5, 0.6) is 0 Å². The van der Waals surface area contributed by atoms with E-state index in [9.17, 15) is 4.79 Å². The van der Waals surface area contributed by atoms with E-state index in [2.05, 4.69) is 39.8 Å². The molecule has 1 atom stereocenters. The Hall–Kier alpha value is -0.850. The van der Waals surface area contributed by atoms with Crippen LogP contribution >= 0.6 is 0 Å². The Balaban J connectivity index is 3.99. The van der Waals surface area contributed by atoms with E-state index in [4.69, 9.17) is 0 Å². The van der Waals surface area contributed by atoms with E-state index in [0.29, 0.717) is 0 Å². The Kier molecular flexibility index (Phi) is 7.86. The topological polar surface area (TPSA) is 17.1 Å². The summed E-state index contributed by atoms with van der Waals surface area (Å²) in [5.41, 5.74) is 2.70. The zero-order valence-corrected chi connectivity index (χ0v) is 12.2. The van der Waals surface area contributed by atoms with Crippen molar-refractivity contribution in [3.05, 3.63) is 23.3 Å². The molecule has 0 amide bonds. The first-order chi connectivity index (χ1) is 7.93. The Labute approximate surface area is 107 Å². The molecule has 0 aliphatic heterocycles. The zero-order chi connectivity index (χ0) is 13.3. The van der Waals surface area contributed by atoms with Gasteiger partial charge in [-0.1, -0.05) is 37.1 Å². The van der Waals surface area contributed by atoms with Gasteiger partial charge in [0.15, 0.2) is 0 Å². The quantitative estimate of drug-likeness (QED) is 0.424. The molecule has 0 aliphatic rings.